The van der Waals surface area contributed by atoms with E-state index in [2.05, 4.69) is 93.1 Å². The average Bonchev–Trinajstić information content (AvgIpc) is 3.36. The number of nitrogens with zero attached hydrogens (tertiary/aromatic N) is 7. The number of anilines is 2. The maximum atomic E-state index is 4.69. The molecule has 6 rings (SSSR count). The lowest BCUT2D eigenvalue weighted by Crippen LogP contribution is -2.42. The minimum Gasteiger partial charge on any atom is -0.357 e. The van der Waals surface area contributed by atoms with Crippen LogP contribution in [0.25, 0.3) is 27.6 Å². The van der Waals surface area contributed by atoms with Crippen LogP contribution < -0.4 is 10.2 Å². The summed E-state index contributed by atoms with van der Waals surface area (Å²) in [6.07, 6.45) is 12.0. The van der Waals surface area contributed by atoms with E-state index in [0.29, 0.717) is 6.04 Å². The highest BCUT2D eigenvalue weighted by Gasteiger charge is 2.22. The van der Waals surface area contributed by atoms with Crippen LogP contribution in [-0.2, 0) is 13.6 Å². The van der Waals surface area contributed by atoms with Crippen LogP contribution in [0, 0.1) is 0 Å². The summed E-state index contributed by atoms with van der Waals surface area (Å²) in [6, 6.07) is 13.3. The number of pyridine rings is 2. The Kier molecular flexibility index (Phi) is 8.03. The molecule has 2 fully saturated rings. The fraction of sp³-hybridized carbons (Fsp3) is 0.424. The van der Waals surface area contributed by atoms with Crippen LogP contribution in [0.2, 0.25) is 0 Å². The predicted molar refractivity (Wildman–Crippen MR) is 169 cm³/mol. The number of hydrogen-bond donors (Lipinski definition) is 1. The first-order valence-electron chi connectivity index (χ1n) is 14.9. The summed E-state index contributed by atoms with van der Waals surface area (Å²) in [5, 5.41) is 10.3. The van der Waals surface area contributed by atoms with E-state index in [9.17, 15) is 0 Å². The summed E-state index contributed by atoms with van der Waals surface area (Å²) >= 11 is 0. The van der Waals surface area contributed by atoms with E-state index in [1.807, 2.05) is 29.3 Å². The van der Waals surface area contributed by atoms with Crippen LogP contribution in [0.5, 0.6) is 0 Å². The molecule has 5 heterocycles. The van der Waals surface area contributed by atoms with Gasteiger partial charge in [-0.3, -0.25) is 9.58 Å². The third-order valence-electron chi connectivity index (χ3n) is 8.89. The highest BCUT2D eigenvalue weighted by Crippen LogP contribution is 2.30. The first-order chi connectivity index (χ1) is 19.9. The van der Waals surface area contributed by atoms with Gasteiger partial charge in [-0.25, -0.2) is 9.97 Å². The summed E-state index contributed by atoms with van der Waals surface area (Å²) in [6.45, 7) is 9.86. The van der Waals surface area contributed by atoms with Crippen molar-refractivity contribution in [2.45, 2.75) is 44.7 Å². The molecule has 0 amide bonds. The van der Waals surface area contributed by atoms with Crippen molar-refractivity contribution in [2.24, 2.45) is 7.05 Å². The molecule has 0 aliphatic carbocycles. The third-order valence-corrected chi connectivity index (χ3v) is 8.89. The summed E-state index contributed by atoms with van der Waals surface area (Å²) in [7, 11) is 6.40. The lowest BCUT2D eigenvalue weighted by Gasteiger charge is -2.35. The Morgan fingerprint density at radius 2 is 1.76 bits per heavy atom. The average molecular weight is 551 g/mol. The van der Waals surface area contributed by atoms with E-state index < -0.39 is 0 Å². The molecule has 2 aliphatic heterocycles. The van der Waals surface area contributed by atoms with Gasteiger partial charge in [-0.15, -0.1) is 0 Å². The second-order valence-electron chi connectivity index (χ2n) is 11.7. The fourth-order valence-corrected chi connectivity index (χ4v) is 6.19. The van der Waals surface area contributed by atoms with Crippen LogP contribution in [0.4, 0.5) is 11.6 Å². The van der Waals surface area contributed by atoms with Crippen LogP contribution in [0.15, 0.2) is 61.6 Å². The van der Waals surface area contributed by atoms with Gasteiger partial charge < -0.3 is 15.1 Å². The molecule has 214 valence electrons. The summed E-state index contributed by atoms with van der Waals surface area (Å²) in [5.74, 6) is 1.76. The van der Waals surface area contributed by atoms with Crippen molar-refractivity contribution >= 4 is 28.1 Å². The molecule has 1 N–H and O–H groups in total. The van der Waals surface area contributed by atoms with Crippen molar-refractivity contribution in [1.29, 1.82) is 0 Å². The molecule has 0 radical (unpaired) electrons. The summed E-state index contributed by atoms with van der Waals surface area (Å²) in [5.41, 5.74) is 5.48. The monoisotopic (exact) mass is 550 g/mol. The van der Waals surface area contributed by atoms with E-state index in [4.69, 9.17) is 0 Å². The highest BCUT2D eigenvalue weighted by atomic mass is 15.3. The van der Waals surface area contributed by atoms with Crippen LogP contribution in [0.1, 0.15) is 43.4 Å². The molecule has 0 atom stereocenters. The molecule has 3 aromatic heterocycles. The largest absolute Gasteiger partial charge is 0.357 e. The second-order valence-corrected chi connectivity index (χ2v) is 11.7. The Balaban J connectivity index is 1.19. The Labute approximate surface area is 243 Å². The van der Waals surface area contributed by atoms with Gasteiger partial charge in [0.2, 0.25) is 0 Å². The molecule has 8 heteroatoms. The molecule has 0 saturated carbocycles. The molecule has 0 unspecified atom stereocenters. The zero-order chi connectivity index (χ0) is 28.3. The Hall–Kier alpha value is -3.75. The standard InChI is InChI=1S/C33H42N8/c1-24(25-10-13-34-33(20-25)39(3)29-11-16-38(2)17-12-29)37-32-19-28-18-26(8-9-27(28)21-35-32)30-22-36-40(4)31(30)23-41-14-6-5-7-15-41/h8-10,13,18-22,29H,1,5-7,11-12,14-17,23H2,2-4H3,(H,35,37). The molecule has 0 spiro atoms. The normalized spacial score (nSPS) is 17.1. The van der Waals surface area contributed by atoms with E-state index >= 15 is 0 Å². The Morgan fingerprint density at radius 1 is 0.951 bits per heavy atom. The summed E-state index contributed by atoms with van der Waals surface area (Å²) in [4.78, 5) is 16.6. The van der Waals surface area contributed by atoms with Gasteiger partial charge in [0.1, 0.15) is 11.6 Å². The second kappa shape index (κ2) is 12.0. The van der Waals surface area contributed by atoms with E-state index in [1.165, 1.54) is 49.2 Å². The van der Waals surface area contributed by atoms with Gasteiger partial charge in [-0.05, 0) is 94.1 Å². The minimum atomic E-state index is 0.506. The smallest absolute Gasteiger partial charge is 0.130 e. The van der Waals surface area contributed by atoms with Gasteiger partial charge >= 0.3 is 0 Å². The first-order valence-corrected chi connectivity index (χ1v) is 14.9. The first kappa shape index (κ1) is 27.4. The highest BCUT2D eigenvalue weighted by molar-refractivity contribution is 5.90. The fourth-order valence-electron chi connectivity index (χ4n) is 6.19. The minimum absolute atomic E-state index is 0.506. The molecule has 4 aromatic rings. The number of likely N-dealkylation sites (tertiary alicyclic amines) is 2. The molecule has 2 saturated heterocycles. The predicted octanol–water partition coefficient (Wildman–Crippen LogP) is 5.63. The van der Waals surface area contributed by atoms with Crippen molar-refractivity contribution in [3.05, 3.63) is 72.8 Å². The van der Waals surface area contributed by atoms with Crippen molar-refractivity contribution in [2.75, 3.05) is 50.5 Å². The van der Waals surface area contributed by atoms with Crippen molar-refractivity contribution in [1.82, 2.24) is 29.5 Å². The number of benzene rings is 1. The topological polar surface area (TPSA) is 65.4 Å². The van der Waals surface area contributed by atoms with E-state index in [0.717, 1.165) is 66.1 Å². The van der Waals surface area contributed by atoms with Crippen molar-refractivity contribution in [3.8, 4) is 11.1 Å². The number of aromatic nitrogens is 4. The SMILES string of the molecule is C=C(Nc1cc2cc(-c3cnn(C)c3CN3CCCCC3)ccc2cn1)c1ccnc(N(C)C2CCN(C)CC2)c1. The molecule has 2 aliphatic rings. The zero-order valence-corrected chi connectivity index (χ0v) is 24.7. The van der Waals surface area contributed by atoms with Gasteiger partial charge in [0.05, 0.1) is 11.9 Å². The quantitative estimate of drug-likeness (QED) is 0.305. The van der Waals surface area contributed by atoms with Crippen LogP contribution >= 0.6 is 0 Å². The van der Waals surface area contributed by atoms with Gasteiger partial charge in [0, 0.05) is 61.3 Å². The number of rotatable bonds is 8. The lowest BCUT2D eigenvalue weighted by molar-refractivity contribution is 0.216. The maximum absolute atomic E-state index is 4.69. The Morgan fingerprint density at radius 3 is 2.56 bits per heavy atom. The van der Waals surface area contributed by atoms with Crippen molar-refractivity contribution in [3.63, 3.8) is 0 Å². The molecular weight excluding hydrogens is 508 g/mol. The van der Waals surface area contributed by atoms with E-state index in [-0.39, 0.29) is 0 Å². The lowest BCUT2D eigenvalue weighted by atomic mass is 10.0. The van der Waals surface area contributed by atoms with E-state index in [1.54, 1.807) is 0 Å². The third kappa shape index (κ3) is 6.14. The number of piperidine rings is 2. The van der Waals surface area contributed by atoms with Crippen molar-refractivity contribution < 1.29 is 0 Å². The molecule has 8 nitrogen and oxygen atoms in total. The molecular formula is C33H42N8. The number of hydrogen-bond acceptors (Lipinski definition) is 7. The number of nitrogens with one attached hydrogen (secondary N) is 1. The van der Waals surface area contributed by atoms with Crippen LogP contribution in [0.3, 0.4) is 0 Å². The van der Waals surface area contributed by atoms with Gasteiger partial charge in [0.25, 0.3) is 0 Å². The molecule has 41 heavy (non-hydrogen) atoms. The summed E-state index contributed by atoms with van der Waals surface area (Å²) < 4.78 is 2.03. The number of fused-ring (bicyclic) bond motifs is 1. The zero-order valence-electron chi connectivity index (χ0n) is 24.7. The van der Waals surface area contributed by atoms with Gasteiger partial charge in [-0.1, -0.05) is 25.1 Å². The van der Waals surface area contributed by atoms with Gasteiger partial charge in [-0.2, -0.15) is 5.10 Å². The molecule has 1 aromatic carbocycles. The van der Waals surface area contributed by atoms with Gasteiger partial charge in [0.15, 0.2) is 0 Å². The molecule has 0 bridgehead atoms. The van der Waals surface area contributed by atoms with Crippen LogP contribution in [-0.4, -0.2) is 75.9 Å². The Bertz CT molecular complexity index is 1510. The maximum Gasteiger partial charge on any atom is 0.130 e. The number of aryl methyl sites for hydroxylation is 1.